The van der Waals surface area contributed by atoms with Crippen LogP contribution in [-0.4, -0.2) is 45.9 Å². The lowest BCUT2D eigenvalue weighted by molar-refractivity contribution is -0.242. The molecule has 0 aromatic heterocycles. The maximum atomic E-state index is 12.8. The molecular formula is C18H19F3N2O6S2. The molecule has 0 saturated heterocycles. The molecule has 0 heterocycles. The number of hydrogen-bond donors (Lipinski definition) is 3. The van der Waals surface area contributed by atoms with Gasteiger partial charge in [-0.3, -0.25) is 9.52 Å². The Morgan fingerprint density at radius 1 is 1.00 bits per heavy atom. The van der Waals surface area contributed by atoms with E-state index in [1.807, 2.05) is 5.32 Å². The highest BCUT2D eigenvalue weighted by atomic mass is 32.2. The zero-order valence-corrected chi connectivity index (χ0v) is 18.1. The van der Waals surface area contributed by atoms with E-state index in [1.165, 1.54) is 25.1 Å². The minimum atomic E-state index is -5.20. The standard InChI is InChI=1S/C18H19F3N2O6S2/c1-11-10-12(8-9-13(11)22-16(24)17(2,25)18(19,20)21)23-31(28,29)15-7-5-4-6-14(15)30(3,26)27/h4-10,23,25H,1-3H3,(H,22,24)/t17-/m1/s1. The predicted octanol–water partition coefficient (Wildman–Crippen LogP) is 2.45. The molecule has 3 N–H and O–H groups in total. The number of aryl methyl sites for hydroxylation is 1. The van der Waals surface area contributed by atoms with Gasteiger partial charge in [0.1, 0.15) is 4.90 Å². The Bertz CT molecular complexity index is 1220. The average molecular weight is 480 g/mol. The van der Waals surface area contributed by atoms with Crippen molar-refractivity contribution in [3.63, 3.8) is 0 Å². The molecule has 0 spiro atoms. The third-order valence-electron chi connectivity index (χ3n) is 4.26. The summed E-state index contributed by atoms with van der Waals surface area (Å²) in [7, 11) is -8.17. The SMILES string of the molecule is Cc1cc(NS(=O)(=O)c2ccccc2S(C)(=O)=O)ccc1NC(=O)[C@@](C)(O)C(F)(F)F. The number of amides is 1. The van der Waals surface area contributed by atoms with Crippen molar-refractivity contribution in [3.05, 3.63) is 48.0 Å². The average Bonchev–Trinajstić information content (AvgIpc) is 2.62. The minimum absolute atomic E-state index is 0.0265. The molecule has 31 heavy (non-hydrogen) atoms. The first-order chi connectivity index (χ1) is 14.0. The second-order valence-corrected chi connectivity index (χ2v) is 10.5. The van der Waals surface area contributed by atoms with Crippen LogP contribution in [0.3, 0.4) is 0 Å². The normalized spacial score (nSPS) is 14.5. The van der Waals surface area contributed by atoms with E-state index in [-0.39, 0.29) is 16.9 Å². The van der Waals surface area contributed by atoms with Gasteiger partial charge in [-0.25, -0.2) is 16.8 Å². The molecule has 2 aromatic rings. The number of alkyl halides is 3. The van der Waals surface area contributed by atoms with E-state index < -0.39 is 47.3 Å². The maximum absolute atomic E-state index is 12.8. The van der Waals surface area contributed by atoms with Crippen LogP contribution < -0.4 is 10.0 Å². The number of anilines is 2. The van der Waals surface area contributed by atoms with Gasteiger partial charge in [0, 0.05) is 17.6 Å². The molecule has 0 aliphatic rings. The van der Waals surface area contributed by atoms with E-state index >= 15 is 0 Å². The van der Waals surface area contributed by atoms with Crippen LogP contribution >= 0.6 is 0 Å². The molecule has 1 atom stereocenters. The second kappa shape index (κ2) is 8.13. The summed E-state index contributed by atoms with van der Waals surface area (Å²) in [6.45, 7) is 1.69. The van der Waals surface area contributed by atoms with Gasteiger partial charge in [-0.05, 0) is 49.7 Å². The van der Waals surface area contributed by atoms with Gasteiger partial charge in [-0.2, -0.15) is 13.2 Å². The van der Waals surface area contributed by atoms with E-state index in [1.54, 1.807) is 0 Å². The summed E-state index contributed by atoms with van der Waals surface area (Å²) in [4.78, 5) is 10.9. The van der Waals surface area contributed by atoms with Crippen molar-refractivity contribution in [1.82, 2.24) is 0 Å². The lowest BCUT2D eigenvalue weighted by Crippen LogP contribution is -2.52. The Labute approximate surface area is 177 Å². The number of nitrogens with one attached hydrogen (secondary N) is 2. The molecule has 170 valence electrons. The Balaban J connectivity index is 2.32. The summed E-state index contributed by atoms with van der Waals surface area (Å²) in [6.07, 6.45) is -4.34. The van der Waals surface area contributed by atoms with Crippen molar-refractivity contribution in [2.24, 2.45) is 0 Å². The van der Waals surface area contributed by atoms with Crippen LogP contribution in [0, 0.1) is 6.92 Å². The van der Waals surface area contributed by atoms with Gasteiger partial charge >= 0.3 is 6.18 Å². The third-order valence-corrected chi connectivity index (χ3v) is 6.98. The van der Waals surface area contributed by atoms with Crippen LogP contribution in [0.2, 0.25) is 0 Å². The molecule has 0 aliphatic heterocycles. The van der Waals surface area contributed by atoms with Crippen LogP contribution in [0.15, 0.2) is 52.3 Å². The summed E-state index contributed by atoms with van der Waals surface area (Å²) in [5, 5.41) is 11.4. The topological polar surface area (TPSA) is 130 Å². The summed E-state index contributed by atoms with van der Waals surface area (Å²) in [5.74, 6) is -1.71. The van der Waals surface area contributed by atoms with Crippen LogP contribution in [0.5, 0.6) is 0 Å². The number of carbonyl (C=O) groups is 1. The van der Waals surface area contributed by atoms with Crippen LogP contribution in [0.4, 0.5) is 24.5 Å². The zero-order chi connectivity index (χ0) is 23.8. The fourth-order valence-corrected chi connectivity index (χ4v) is 5.11. The molecule has 0 fully saturated rings. The lowest BCUT2D eigenvalue weighted by atomic mass is 10.1. The van der Waals surface area contributed by atoms with Gasteiger partial charge in [0.2, 0.25) is 5.60 Å². The number of sulfone groups is 1. The maximum Gasteiger partial charge on any atom is 0.426 e. The van der Waals surface area contributed by atoms with E-state index in [0.29, 0.717) is 6.92 Å². The molecular weight excluding hydrogens is 461 g/mol. The number of rotatable bonds is 6. The number of carbonyl (C=O) groups excluding carboxylic acids is 1. The molecule has 2 aromatic carbocycles. The Kier molecular flexibility index (Phi) is 6.46. The van der Waals surface area contributed by atoms with Gasteiger partial charge in [0.05, 0.1) is 4.90 Å². The van der Waals surface area contributed by atoms with E-state index in [2.05, 4.69) is 4.72 Å². The van der Waals surface area contributed by atoms with E-state index in [0.717, 1.165) is 30.5 Å². The monoisotopic (exact) mass is 480 g/mol. The first kappa shape index (κ1) is 24.6. The fourth-order valence-electron chi connectivity index (χ4n) is 2.43. The van der Waals surface area contributed by atoms with Gasteiger partial charge in [-0.15, -0.1) is 0 Å². The van der Waals surface area contributed by atoms with Crippen molar-refractivity contribution in [2.75, 3.05) is 16.3 Å². The van der Waals surface area contributed by atoms with Crippen LogP contribution in [0.1, 0.15) is 12.5 Å². The minimum Gasteiger partial charge on any atom is -0.373 e. The summed E-state index contributed by atoms with van der Waals surface area (Å²) < 4.78 is 89.7. The van der Waals surface area contributed by atoms with Crippen molar-refractivity contribution in [2.45, 2.75) is 35.4 Å². The molecule has 8 nitrogen and oxygen atoms in total. The van der Waals surface area contributed by atoms with Crippen molar-refractivity contribution >= 4 is 37.1 Å². The number of halogens is 3. The third kappa shape index (κ3) is 5.35. The van der Waals surface area contributed by atoms with E-state index in [4.69, 9.17) is 0 Å². The van der Waals surface area contributed by atoms with E-state index in [9.17, 15) is 39.9 Å². The number of aliphatic hydroxyl groups is 1. The highest BCUT2D eigenvalue weighted by Crippen LogP contribution is 2.32. The number of hydrogen-bond acceptors (Lipinski definition) is 6. The van der Waals surface area contributed by atoms with Crippen LogP contribution in [-0.2, 0) is 24.7 Å². The fraction of sp³-hybridized carbons (Fsp3) is 0.278. The van der Waals surface area contributed by atoms with Crippen molar-refractivity contribution < 1.29 is 39.9 Å². The molecule has 0 bridgehead atoms. The Morgan fingerprint density at radius 3 is 2.03 bits per heavy atom. The molecule has 0 aliphatic carbocycles. The predicted molar refractivity (Wildman–Crippen MR) is 107 cm³/mol. The lowest BCUT2D eigenvalue weighted by Gasteiger charge is -2.25. The van der Waals surface area contributed by atoms with Gasteiger partial charge in [0.25, 0.3) is 15.9 Å². The van der Waals surface area contributed by atoms with Gasteiger partial charge in [-0.1, -0.05) is 12.1 Å². The van der Waals surface area contributed by atoms with Crippen molar-refractivity contribution in [1.29, 1.82) is 0 Å². The molecule has 0 unspecified atom stereocenters. The summed E-state index contributed by atoms with van der Waals surface area (Å²) in [5.41, 5.74) is -3.56. The van der Waals surface area contributed by atoms with Gasteiger partial charge in [0.15, 0.2) is 9.84 Å². The quantitative estimate of drug-likeness (QED) is 0.582. The molecule has 0 radical (unpaired) electrons. The molecule has 1 amide bonds. The Morgan fingerprint density at radius 2 is 1.55 bits per heavy atom. The molecule has 2 rings (SSSR count). The highest BCUT2D eigenvalue weighted by molar-refractivity contribution is 7.95. The largest absolute Gasteiger partial charge is 0.426 e. The zero-order valence-electron chi connectivity index (χ0n) is 16.5. The highest BCUT2D eigenvalue weighted by Gasteiger charge is 2.55. The second-order valence-electron chi connectivity index (χ2n) is 6.88. The molecule has 13 heteroatoms. The first-order valence-electron chi connectivity index (χ1n) is 8.50. The van der Waals surface area contributed by atoms with Gasteiger partial charge < -0.3 is 10.4 Å². The number of sulfonamides is 1. The smallest absolute Gasteiger partial charge is 0.373 e. The van der Waals surface area contributed by atoms with Crippen LogP contribution in [0.25, 0.3) is 0 Å². The Hall–Kier alpha value is -2.64. The van der Waals surface area contributed by atoms with Crippen molar-refractivity contribution in [3.8, 4) is 0 Å². The number of benzene rings is 2. The summed E-state index contributed by atoms with van der Waals surface area (Å²) >= 11 is 0. The first-order valence-corrected chi connectivity index (χ1v) is 11.9. The summed E-state index contributed by atoms with van der Waals surface area (Å²) in [6, 6.07) is 8.48. The molecule has 0 saturated carbocycles.